The molecule has 0 heterocycles. The molecule has 0 saturated carbocycles. The van der Waals surface area contributed by atoms with Crippen molar-refractivity contribution in [2.45, 2.75) is 25.4 Å². The molecular weight excluding hydrogens is 296 g/mol. The molecule has 0 atom stereocenters. The predicted octanol–water partition coefficient (Wildman–Crippen LogP) is 1.76. The maximum Gasteiger partial charge on any atom is 0.115 e. The van der Waals surface area contributed by atoms with E-state index in [0.29, 0.717) is 0 Å². The Morgan fingerprint density at radius 3 is 1.26 bits per heavy atom. The SMILES string of the molecule is CC(C)(c1ccc(O)cc1)c1ccc(O)cc1.OCC(O)CO. The zero-order chi connectivity index (χ0) is 17.5. The number of rotatable bonds is 4. The highest BCUT2D eigenvalue weighted by molar-refractivity contribution is 5.41. The summed E-state index contributed by atoms with van der Waals surface area (Å²) in [5, 5.41) is 42.6. The number of phenolic OH excluding ortho intramolecular Hbond substituents is 2. The fourth-order valence-corrected chi connectivity index (χ4v) is 1.98. The van der Waals surface area contributed by atoms with Gasteiger partial charge in [0.05, 0.1) is 13.2 Å². The first-order valence-electron chi connectivity index (χ1n) is 7.30. The molecule has 0 aliphatic heterocycles. The van der Waals surface area contributed by atoms with Gasteiger partial charge in [-0.1, -0.05) is 38.1 Å². The van der Waals surface area contributed by atoms with Crippen LogP contribution >= 0.6 is 0 Å². The average molecular weight is 320 g/mol. The van der Waals surface area contributed by atoms with Gasteiger partial charge in [-0.2, -0.15) is 0 Å². The topological polar surface area (TPSA) is 101 Å². The quantitative estimate of drug-likeness (QED) is 0.591. The monoisotopic (exact) mass is 320 g/mol. The second-order valence-corrected chi connectivity index (χ2v) is 5.74. The molecule has 0 amide bonds. The molecule has 2 aromatic rings. The van der Waals surface area contributed by atoms with Crippen molar-refractivity contribution in [3.05, 3.63) is 59.7 Å². The summed E-state index contributed by atoms with van der Waals surface area (Å²) in [5.41, 5.74) is 2.10. The highest BCUT2D eigenvalue weighted by Gasteiger charge is 2.22. The highest BCUT2D eigenvalue weighted by atomic mass is 16.3. The third kappa shape index (κ3) is 5.56. The molecule has 0 spiro atoms. The maximum atomic E-state index is 9.30. The van der Waals surface area contributed by atoms with E-state index < -0.39 is 6.10 Å². The molecule has 126 valence electrons. The largest absolute Gasteiger partial charge is 0.508 e. The summed E-state index contributed by atoms with van der Waals surface area (Å²) >= 11 is 0. The average Bonchev–Trinajstić information content (AvgIpc) is 2.55. The third-order valence-corrected chi connectivity index (χ3v) is 3.60. The van der Waals surface area contributed by atoms with E-state index in [2.05, 4.69) is 13.8 Å². The molecule has 2 rings (SSSR count). The van der Waals surface area contributed by atoms with Crippen molar-refractivity contribution in [2.24, 2.45) is 0 Å². The molecule has 0 unspecified atom stereocenters. The Morgan fingerprint density at radius 1 is 0.739 bits per heavy atom. The minimum absolute atomic E-state index is 0.151. The minimum Gasteiger partial charge on any atom is -0.508 e. The van der Waals surface area contributed by atoms with Crippen LogP contribution in [0.25, 0.3) is 0 Å². The lowest BCUT2D eigenvalue weighted by Crippen LogP contribution is -2.18. The van der Waals surface area contributed by atoms with Gasteiger partial charge in [-0.3, -0.25) is 0 Å². The van der Waals surface area contributed by atoms with Crippen molar-refractivity contribution in [2.75, 3.05) is 13.2 Å². The summed E-state index contributed by atoms with van der Waals surface area (Å²) in [5.74, 6) is 0.547. The molecule has 5 heteroatoms. The van der Waals surface area contributed by atoms with Crippen LogP contribution in [0, 0.1) is 0 Å². The van der Waals surface area contributed by atoms with Gasteiger partial charge in [0.15, 0.2) is 0 Å². The van der Waals surface area contributed by atoms with Gasteiger partial charge in [-0.05, 0) is 35.4 Å². The number of aliphatic hydroxyl groups is 3. The molecule has 2 aromatic carbocycles. The van der Waals surface area contributed by atoms with Crippen LogP contribution in [0.3, 0.4) is 0 Å². The Kier molecular flexibility index (Phi) is 7.03. The van der Waals surface area contributed by atoms with Gasteiger partial charge in [-0.25, -0.2) is 0 Å². The number of aromatic hydroxyl groups is 2. The van der Waals surface area contributed by atoms with Gasteiger partial charge in [0, 0.05) is 5.41 Å². The second kappa shape index (κ2) is 8.53. The molecular formula is C18H24O5. The zero-order valence-corrected chi connectivity index (χ0v) is 13.3. The summed E-state index contributed by atoms with van der Waals surface area (Å²) in [6, 6.07) is 14.4. The van der Waals surface area contributed by atoms with Gasteiger partial charge >= 0.3 is 0 Å². The molecule has 0 saturated heterocycles. The first kappa shape index (κ1) is 19.0. The van der Waals surface area contributed by atoms with Gasteiger partial charge in [0.25, 0.3) is 0 Å². The zero-order valence-electron chi connectivity index (χ0n) is 13.3. The first-order valence-corrected chi connectivity index (χ1v) is 7.30. The van der Waals surface area contributed by atoms with Crippen LogP contribution in [0.5, 0.6) is 11.5 Å². The summed E-state index contributed by atoms with van der Waals surface area (Å²) < 4.78 is 0. The van der Waals surface area contributed by atoms with Crippen molar-refractivity contribution < 1.29 is 25.5 Å². The van der Waals surface area contributed by atoms with Gasteiger partial charge < -0.3 is 25.5 Å². The van der Waals surface area contributed by atoms with E-state index in [1.165, 1.54) is 0 Å². The van der Waals surface area contributed by atoms with Crippen LogP contribution in [0.15, 0.2) is 48.5 Å². The van der Waals surface area contributed by atoms with Crippen molar-refractivity contribution in [3.63, 3.8) is 0 Å². The molecule has 0 aromatic heterocycles. The molecule has 0 aliphatic carbocycles. The van der Waals surface area contributed by atoms with Crippen LogP contribution in [0.4, 0.5) is 0 Å². The van der Waals surface area contributed by atoms with Crippen LogP contribution in [-0.2, 0) is 5.41 Å². The molecule has 0 bridgehead atoms. The molecule has 23 heavy (non-hydrogen) atoms. The van der Waals surface area contributed by atoms with E-state index in [1.807, 2.05) is 24.3 Å². The van der Waals surface area contributed by atoms with Crippen LogP contribution in [0.2, 0.25) is 0 Å². The molecule has 5 N–H and O–H groups in total. The van der Waals surface area contributed by atoms with Gasteiger partial charge in [0.2, 0.25) is 0 Å². The number of hydrogen-bond donors (Lipinski definition) is 5. The van der Waals surface area contributed by atoms with E-state index in [4.69, 9.17) is 15.3 Å². The fraction of sp³-hybridized carbons (Fsp3) is 0.333. The van der Waals surface area contributed by atoms with Gasteiger partial charge in [-0.15, -0.1) is 0 Å². The maximum absolute atomic E-state index is 9.30. The van der Waals surface area contributed by atoms with E-state index in [1.54, 1.807) is 24.3 Å². The lowest BCUT2D eigenvalue weighted by molar-refractivity contribution is 0.0450. The highest BCUT2D eigenvalue weighted by Crippen LogP contribution is 2.32. The number of aliphatic hydroxyl groups excluding tert-OH is 3. The Morgan fingerprint density at radius 2 is 1.04 bits per heavy atom. The van der Waals surface area contributed by atoms with Crippen molar-refractivity contribution in [3.8, 4) is 11.5 Å². The van der Waals surface area contributed by atoms with E-state index in [0.717, 1.165) is 11.1 Å². The molecule has 0 fully saturated rings. The van der Waals surface area contributed by atoms with Crippen molar-refractivity contribution in [1.29, 1.82) is 0 Å². The molecule has 5 nitrogen and oxygen atoms in total. The van der Waals surface area contributed by atoms with E-state index in [9.17, 15) is 10.2 Å². The summed E-state index contributed by atoms with van der Waals surface area (Å²) in [7, 11) is 0. The molecule has 0 radical (unpaired) electrons. The Hall–Kier alpha value is -2.08. The first-order chi connectivity index (χ1) is 10.8. The third-order valence-electron chi connectivity index (χ3n) is 3.60. The normalized spacial score (nSPS) is 11.0. The van der Waals surface area contributed by atoms with Crippen LogP contribution in [-0.4, -0.2) is 44.9 Å². The lowest BCUT2D eigenvalue weighted by Gasteiger charge is -2.26. The number of hydrogen-bond acceptors (Lipinski definition) is 5. The standard InChI is InChI=1S/C15H16O2.C3H8O3/c1-15(2,11-3-7-13(16)8-4-11)12-5-9-14(17)10-6-12;4-1-3(6)2-5/h3-10,16-17H,1-2H3;3-6H,1-2H2. The van der Waals surface area contributed by atoms with Crippen LogP contribution in [0.1, 0.15) is 25.0 Å². The Balaban J connectivity index is 0.000000379. The van der Waals surface area contributed by atoms with Crippen molar-refractivity contribution in [1.82, 2.24) is 0 Å². The Bertz CT molecular complexity index is 524. The van der Waals surface area contributed by atoms with Crippen molar-refractivity contribution >= 4 is 0 Å². The second-order valence-electron chi connectivity index (χ2n) is 5.74. The molecule has 0 aliphatic rings. The predicted molar refractivity (Wildman–Crippen MR) is 88.5 cm³/mol. The lowest BCUT2D eigenvalue weighted by atomic mass is 9.78. The summed E-state index contributed by atoms with van der Waals surface area (Å²) in [6.07, 6.45) is -0.954. The fourth-order valence-electron chi connectivity index (χ4n) is 1.98. The number of phenols is 2. The van der Waals surface area contributed by atoms with Crippen LogP contribution < -0.4 is 0 Å². The minimum atomic E-state index is -0.954. The van der Waals surface area contributed by atoms with E-state index in [-0.39, 0.29) is 30.1 Å². The van der Waals surface area contributed by atoms with Gasteiger partial charge in [0.1, 0.15) is 17.6 Å². The number of benzene rings is 2. The van der Waals surface area contributed by atoms with E-state index >= 15 is 0 Å². The Labute approximate surface area is 136 Å². The summed E-state index contributed by atoms with van der Waals surface area (Å²) in [6.45, 7) is 3.50. The smallest absolute Gasteiger partial charge is 0.115 e. The summed E-state index contributed by atoms with van der Waals surface area (Å²) in [4.78, 5) is 0.